The summed E-state index contributed by atoms with van der Waals surface area (Å²) in [6, 6.07) is 12.8. The molecule has 1 N–H and O–H groups in total. The Balaban J connectivity index is 1.63. The van der Waals surface area contributed by atoms with E-state index in [4.69, 9.17) is 0 Å². The van der Waals surface area contributed by atoms with Crippen LogP contribution in [0.3, 0.4) is 0 Å². The Kier molecular flexibility index (Phi) is 8.02. The SMILES string of the molecule is C[C@@H](CN(C)C)NC(=O)C1(c2ccc(-c3cccn3C)nc2)CCN(c2ccc(C(F)(F)F)cc2C#N)CC1. The van der Waals surface area contributed by atoms with Crippen LogP contribution in [0.1, 0.15) is 36.5 Å². The molecule has 1 amide bonds. The number of piperidine rings is 1. The Morgan fingerprint density at radius 3 is 2.46 bits per heavy atom. The fourth-order valence-corrected chi connectivity index (χ4v) is 5.36. The first-order valence-electron chi connectivity index (χ1n) is 12.8. The maximum absolute atomic E-state index is 13.8. The number of hydrogen-bond acceptors (Lipinski definition) is 5. The largest absolute Gasteiger partial charge is 0.416 e. The molecule has 1 aliphatic heterocycles. The fourth-order valence-electron chi connectivity index (χ4n) is 5.36. The number of pyridine rings is 1. The average molecular weight is 539 g/mol. The molecule has 206 valence electrons. The van der Waals surface area contributed by atoms with Gasteiger partial charge in [-0.15, -0.1) is 0 Å². The van der Waals surface area contributed by atoms with Gasteiger partial charge in [0.1, 0.15) is 6.07 Å². The van der Waals surface area contributed by atoms with E-state index in [0.29, 0.717) is 38.2 Å². The van der Waals surface area contributed by atoms with Crippen LogP contribution < -0.4 is 10.2 Å². The first-order valence-corrected chi connectivity index (χ1v) is 12.8. The van der Waals surface area contributed by atoms with Crippen LogP contribution in [0, 0.1) is 11.3 Å². The summed E-state index contributed by atoms with van der Waals surface area (Å²) >= 11 is 0. The number of aromatic nitrogens is 2. The Bertz CT molecular complexity index is 1350. The first kappa shape index (κ1) is 28.2. The number of amides is 1. The van der Waals surface area contributed by atoms with Gasteiger partial charge in [-0.3, -0.25) is 9.78 Å². The molecule has 1 fully saturated rings. The number of carbonyl (C=O) groups excluding carboxylic acids is 1. The third-order valence-corrected chi connectivity index (χ3v) is 7.38. The second kappa shape index (κ2) is 11.1. The third-order valence-electron chi connectivity index (χ3n) is 7.38. The van der Waals surface area contributed by atoms with E-state index in [0.717, 1.165) is 29.1 Å². The van der Waals surface area contributed by atoms with Crippen LogP contribution in [0.4, 0.5) is 18.9 Å². The number of nitrogens with zero attached hydrogens (tertiary/aromatic N) is 5. The molecule has 39 heavy (non-hydrogen) atoms. The predicted molar refractivity (Wildman–Crippen MR) is 144 cm³/mol. The predicted octanol–water partition coefficient (Wildman–Crippen LogP) is 4.58. The van der Waals surface area contributed by atoms with Gasteiger partial charge in [0.2, 0.25) is 5.91 Å². The summed E-state index contributed by atoms with van der Waals surface area (Å²) in [6.45, 7) is 3.43. The number of aryl methyl sites for hydroxylation is 1. The highest BCUT2D eigenvalue weighted by Crippen LogP contribution is 2.39. The van der Waals surface area contributed by atoms with Crippen molar-refractivity contribution in [1.29, 1.82) is 5.26 Å². The number of benzene rings is 1. The molecule has 0 bridgehead atoms. The highest BCUT2D eigenvalue weighted by Gasteiger charge is 2.44. The lowest BCUT2D eigenvalue weighted by molar-refractivity contribution is -0.137. The lowest BCUT2D eigenvalue weighted by Crippen LogP contribution is -2.54. The van der Waals surface area contributed by atoms with Gasteiger partial charge in [0.15, 0.2) is 0 Å². The Morgan fingerprint density at radius 1 is 1.21 bits per heavy atom. The lowest BCUT2D eigenvalue weighted by atomic mass is 9.72. The number of likely N-dealkylation sites (N-methyl/N-ethyl adjacent to an activating group) is 1. The van der Waals surface area contributed by atoms with Crippen LogP contribution in [0.25, 0.3) is 11.4 Å². The molecule has 3 heterocycles. The minimum absolute atomic E-state index is 0.0324. The summed E-state index contributed by atoms with van der Waals surface area (Å²) in [5, 5.41) is 12.7. The van der Waals surface area contributed by atoms with E-state index < -0.39 is 17.2 Å². The van der Waals surface area contributed by atoms with Crippen molar-refractivity contribution in [3.8, 4) is 17.5 Å². The second-order valence-electron chi connectivity index (χ2n) is 10.5. The minimum Gasteiger partial charge on any atom is -0.370 e. The van der Waals surface area contributed by atoms with E-state index in [9.17, 15) is 23.2 Å². The van der Waals surface area contributed by atoms with Crippen molar-refractivity contribution in [2.24, 2.45) is 7.05 Å². The van der Waals surface area contributed by atoms with E-state index in [1.54, 1.807) is 6.20 Å². The highest BCUT2D eigenvalue weighted by atomic mass is 19.4. The number of anilines is 1. The van der Waals surface area contributed by atoms with Gasteiger partial charge in [-0.1, -0.05) is 6.07 Å². The first-order chi connectivity index (χ1) is 18.4. The second-order valence-corrected chi connectivity index (χ2v) is 10.5. The Labute approximate surface area is 226 Å². The molecule has 1 aliphatic rings. The van der Waals surface area contributed by atoms with Crippen molar-refractivity contribution in [3.63, 3.8) is 0 Å². The van der Waals surface area contributed by atoms with Crippen molar-refractivity contribution >= 4 is 11.6 Å². The molecule has 0 radical (unpaired) electrons. The summed E-state index contributed by atoms with van der Waals surface area (Å²) in [6.07, 6.45) is 0.0156. The zero-order valence-electron chi connectivity index (χ0n) is 22.6. The van der Waals surface area contributed by atoms with Crippen LogP contribution in [0.5, 0.6) is 0 Å². The van der Waals surface area contributed by atoms with Gasteiger partial charge in [0.25, 0.3) is 0 Å². The smallest absolute Gasteiger partial charge is 0.370 e. The van der Waals surface area contributed by atoms with Gasteiger partial charge in [-0.05, 0) is 75.8 Å². The molecule has 1 saturated heterocycles. The summed E-state index contributed by atoms with van der Waals surface area (Å²) in [4.78, 5) is 22.4. The molecule has 4 rings (SSSR count). The van der Waals surface area contributed by atoms with Crippen molar-refractivity contribution in [3.05, 3.63) is 71.5 Å². The molecule has 10 heteroatoms. The molecule has 2 aromatic heterocycles. The normalized spacial score (nSPS) is 16.1. The maximum atomic E-state index is 13.8. The quantitative estimate of drug-likeness (QED) is 0.477. The molecular weight excluding hydrogens is 505 g/mol. The average Bonchev–Trinajstić information content (AvgIpc) is 3.33. The molecule has 3 aromatic rings. The van der Waals surface area contributed by atoms with Crippen LogP contribution in [-0.2, 0) is 23.4 Å². The summed E-state index contributed by atoms with van der Waals surface area (Å²) in [5.74, 6) is -0.0992. The molecule has 0 unspecified atom stereocenters. The molecule has 1 atom stereocenters. The van der Waals surface area contributed by atoms with Gasteiger partial charge < -0.3 is 19.7 Å². The monoisotopic (exact) mass is 538 g/mol. The van der Waals surface area contributed by atoms with Gasteiger partial charge in [0, 0.05) is 45.1 Å². The Morgan fingerprint density at radius 2 is 1.92 bits per heavy atom. The number of hydrogen-bond donors (Lipinski definition) is 1. The van der Waals surface area contributed by atoms with Gasteiger partial charge in [0.05, 0.1) is 33.6 Å². The van der Waals surface area contributed by atoms with E-state index in [2.05, 4.69) is 10.3 Å². The van der Waals surface area contributed by atoms with Crippen molar-refractivity contribution in [2.75, 3.05) is 38.6 Å². The Hall–Kier alpha value is -3.84. The van der Waals surface area contributed by atoms with Crippen molar-refractivity contribution in [2.45, 2.75) is 37.4 Å². The topological polar surface area (TPSA) is 77.2 Å². The van der Waals surface area contributed by atoms with Crippen LogP contribution in [0.15, 0.2) is 54.9 Å². The zero-order valence-corrected chi connectivity index (χ0v) is 22.6. The molecular formula is C29H33F3N6O. The zero-order chi connectivity index (χ0) is 28.4. The standard InChI is InChI=1S/C29H33F3N6O/c1-20(19-36(2)3)35-27(39)28(23-7-9-24(34-18-23)26-6-5-13-37(26)4)11-14-38(15-12-28)25-10-8-22(29(30,31)32)16-21(25)17-33/h5-10,13,16,18,20H,11-12,14-15,19H2,1-4H3,(H,35,39)/t20-/m0/s1. The molecule has 7 nitrogen and oxygen atoms in total. The number of alkyl halides is 3. The van der Waals surface area contributed by atoms with Gasteiger partial charge in [-0.25, -0.2) is 0 Å². The van der Waals surface area contributed by atoms with Crippen molar-refractivity contribution < 1.29 is 18.0 Å². The number of halogens is 3. The molecule has 0 aliphatic carbocycles. The van der Waals surface area contributed by atoms with E-state index in [1.165, 1.54) is 6.07 Å². The number of rotatable bonds is 7. The summed E-state index contributed by atoms with van der Waals surface area (Å²) < 4.78 is 41.6. The fraction of sp³-hybridized carbons (Fsp3) is 0.414. The molecule has 0 saturated carbocycles. The summed E-state index contributed by atoms with van der Waals surface area (Å²) in [7, 11) is 5.83. The number of nitrogens with one attached hydrogen (secondary N) is 1. The maximum Gasteiger partial charge on any atom is 0.416 e. The van der Waals surface area contributed by atoms with Gasteiger partial charge >= 0.3 is 6.18 Å². The van der Waals surface area contributed by atoms with E-state index >= 15 is 0 Å². The lowest BCUT2D eigenvalue weighted by Gasteiger charge is -2.42. The van der Waals surface area contributed by atoms with Gasteiger partial charge in [-0.2, -0.15) is 18.4 Å². The third kappa shape index (κ3) is 5.93. The minimum atomic E-state index is -4.53. The molecule has 1 aromatic carbocycles. The van der Waals surface area contributed by atoms with Crippen LogP contribution >= 0.6 is 0 Å². The number of nitriles is 1. The number of carbonyl (C=O) groups is 1. The highest BCUT2D eigenvalue weighted by molar-refractivity contribution is 5.89. The van der Waals surface area contributed by atoms with Crippen molar-refractivity contribution in [1.82, 2.24) is 19.8 Å². The summed E-state index contributed by atoms with van der Waals surface area (Å²) in [5.41, 5.74) is 1.24. The van der Waals surface area contributed by atoms with Crippen LogP contribution in [-0.4, -0.2) is 60.1 Å². The van der Waals surface area contributed by atoms with E-state index in [1.807, 2.05) is 79.0 Å². The van der Waals surface area contributed by atoms with E-state index in [-0.39, 0.29) is 17.5 Å². The van der Waals surface area contributed by atoms with Crippen LogP contribution in [0.2, 0.25) is 0 Å². The molecule has 0 spiro atoms.